The van der Waals surface area contributed by atoms with E-state index in [1.807, 2.05) is 0 Å². The number of benzene rings is 2. The van der Waals surface area contributed by atoms with Gasteiger partial charge in [-0.2, -0.15) is 0 Å². The molecule has 2 aliphatic heterocycles. The predicted octanol–water partition coefficient (Wildman–Crippen LogP) is 8.14. The van der Waals surface area contributed by atoms with Gasteiger partial charge in [0.1, 0.15) is 5.78 Å². The highest BCUT2D eigenvalue weighted by atomic mass is 16.1. The number of hydrogen-bond donors (Lipinski definition) is 0. The summed E-state index contributed by atoms with van der Waals surface area (Å²) < 4.78 is 0. The smallest absolute Gasteiger partial charge is 0.138 e. The number of ketones is 1. The van der Waals surface area contributed by atoms with Crippen molar-refractivity contribution in [1.82, 2.24) is 0 Å². The molecule has 2 aromatic rings. The van der Waals surface area contributed by atoms with Crippen LogP contribution in [0.4, 0.5) is 11.4 Å². The molecular formula is C33H46N2O. The normalized spacial score (nSPS) is 18.2. The average Bonchev–Trinajstić information content (AvgIpc) is 2.90. The maximum Gasteiger partial charge on any atom is 0.138 e. The maximum atomic E-state index is 13.1. The van der Waals surface area contributed by atoms with Crippen LogP contribution in [0.1, 0.15) is 83.8 Å². The summed E-state index contributed by atoms with van der Waals surface area (Å²) in [5.74, 6) is 1.77. The van der Waals surface area contributed by atoms with Crippen LogP contribution in [0.2, 0.25) is 0 Å². The van der Waals surface area contributed by atoms with Crippen molar-refractivity contribution in [2.75, 3.05) is 29.9 Å². The van der Waals surface area contributed by atoms with E-state index in [4.69, 9.17) is 0 Å². The number of nitrogens with zero attached hydrogens (tertiary/aromatic N) is 2. The minimum absolute atomic E-state index is 0.210. The summed E-state index contributed by atoms with van der Waals surface area (Å²) in [6.45, 7) is 11.0. The summed E-state index contributed by atoms with van der Waals surface area (Å²) in [6, 6.07) is 17.7. The molecular weight excluding hydrogens is 440 g/mol. The van der Waals surface area contributed by atoms with Gasteiger partial charge in [-0.3, -0.25) is 4.79 Å². The number of rotatable bonds is 10. The van der Waals surface area contributed by atoms with E-state index in [0.717, 1.165) is 44.7 Å². The number of hydrogen-bond acceptors (Lipinski definition) is 3. The summed E-state index contributed by atoms with van der Waals surface area (Å²) in [5.41, 5.74) is 8.00. The second-order valence-electron chi connectivity index (χ2n) is 11.4. The topological polar surface area (TPSA) is 23.6 Å². The van der Waals surface area contributed by atoms with Gasteiger partial charge in [0.25, 0.3) is 0 Å². The molecule has 2 aliphatic rings. The lowest BCUT2D eigenvalue weighted by Gasteiger charge is -2.35. The van der Waals surface area contributed by atoms with Gasteiger partial charge < -0.3 is 9.80 Å². The highest BCUT2D eigenvalue weighted by molar-refractivity contribution is 5.86. The van der Waals surface area contributed by atoms with Crippen molar-refractivity contribution in [2.24, 2.45) is 17.8 Å². The third-order valence-electron chi connectivity index (χ3n) is 8.70. The van der Waals surface area contributed by atoms with Crippen LogP contribution in [-0.2, 0) is 11.2 Å². The minimum Gasteiger partial charge on any atom is -0.371 e. The van der Waals surface area contributed by atoms with Crippen LogP contribution < -0.4 is 9.80 Å². The number of piperidine rings is 1. The van der Waals surface area contributed by atoms with Crippen LogP contribution in [0.5, 0.6) is 0 Å². The number of allylic oxidation sites excluding steroid dienone is 1. The zero-order valence-electron chi connectivity index (χ0n) is 23.2. The zero-order valence-corrected chi connectivity index (χ0v) is 23.2. The third kappa shape index (κ3) is 6.05. The highest BCUT2D eigenvalue weighted by Gasteiger charge is 2.28. The van der Waals surface area contributed by atoms with Crippen molar-refractivity contribution < 1.29 is 4.79 Å². The first-order valence-electron chi connectivity index (χ1n) is 14.3. The molecule has 2 atom stereocenters. The number of para-hydroxylation sites is 1. The van der Waals surface area contributed by atoms with Crippen LogP contribution in [0, 0.1) is 17.8 Å². The Balaban J connectivity index is 1.35. The Morgan fingerprint density at radius 3 is 2.47 bits per heavy atom. The maximum absolute atomic E-state index is 13.1. The average molecular weight is 487 g/mol. The zero-order chi connectivity index (χ0) is 25.7. The molecule has 1 fully saturated rings. The summed E-state index contributed by atoms with van der Waals surface area (Å²) >= 11 is 0. The van der Waals surface area contributed by atoms with E-state index in [1.54, 1.807) is 0 Å². The van der Waals surface area contributed by atoms with E-state index in [9.17, 15) is 4.79 Å². The Bertz CT molecular complexity index is 1060. The van der Waals surface area contributed by atoms with Crippen LogP contribution in [-0.4, -0.2) is 25.9 Å². The fraction of sp³-hybridized carbons (Fsp3) is 0.545. The van der Waals surface area contributed by atoms with Crippen LogP contribution in [0.3, 0.4) is 0 Å². The van der Waals surface area contributed by atoms with Crippen molar-refractivity contribution >= 4 is 22.9 Å². The van der Waals surface area contributed by atoms with Gasteiger partial charge in [0.15, 0.2) is 0 Å². The first kappa shape index (κ1) is 26.5. The Labute approximate surface area is 219 Å². The van der Waals surface area contributed by atoms with E-state index in [2.05, 4.69) is 93.1 Å². The van der Waals surface area contributed by atoms with E-state index in [0.29, 0.717) is 5.78 Å². The molecule has 3 heteroatoms. The first-order chi connectivity index (χ1) is 17.4. The fourth-order valence-corrected chi connectivity index (χ4v) is 6.17. The molecule has 36 heavy (non-hydrogen) atoms. The number of anilines is 2. The molecule has 0 bridgehead atoms. The molecule has 4 rings (SSSR count). The number of carbonyl (C=O) groups is 1. The molecule has 0 radical (unpaired) electrons. The van der Waals surface area contributed by atoms with Crippen molar-refractivity contribution in [3.05, 3.63) is 65.2 Å². The summed E-state index contributed by atoms with van der Waals surface area (Å²) in [7, 11) is 2.19. The van der Waals surface area contributed by atoms with Crippen molar-refractivity contribution in [3.8, 4) is 0 Å². The third-order valence-corrected chi connectivity index (χ3v) is 8.70. The second kappa shape index (κ2) is 12.1. The number of Topliss-reactive ketones (excluding diaryl/α,β-unsaturated/α-hetero) is 1. The van der Waals surface area contributed by atoms with Crippen molar-refractivity contribution in [1.29, 1.82) is 0 Å². The fourth-order valence-electron chi connectivity index (χ4n) is 6.17. The highest BCUT2D eigenvalue weighted by Crippen LogP contribution is 2.38. The standard InChI is InChI=1S/C33H46N2O/c1-6-24(2)12-7-8-13-25(3)33(36)27-18-20-35(21-19-27)30-16-11-15-29(23-30)32-26(4)22-28-14-9-10-17-31(28)34(32)5/h9-11,14-17,23-25,27H,6-8,12-13,18-22H2,1-5H3. The summed E-state index contributed by atoms with van der Waals surface area (Å²) in [5, 5.41) is 0. The lowest BCUT2D eigenvalue weighted by molar-refractivity contribution is -0.127. The molecule has 0 aromatic heterocycles. The van der Waals surface area contributed by atoms with Gasteiger partial charge in [-0.1, -0.05) is 76.8 Å². The molecule has 0 N–H and O–H groups in total. The molecule has 2 heterocycles. The van der Waals surface area contributed by atoms with Crippen LogP contribution >= 0.6 is 0 Å². The van der Waals surface area contributed by atoms with Gasteiger partial charge in [0.05, 0.1) is 0 Å². The van der Waals surface area contributed by atoms with Crippen molar-refractivity contribution in [3.63, 3.8) is 0 Å². The number of unbranched alkanes of at least 4 members (excludes halogenated alkanes) is 1. The lowest BCUT2D eigenvalue weighted by Crippen LogP contribution is -2.37. The molecule has 0 spiro atoms. The van der Waals surface area contributed by atoms with Gasteiger partial charge in [0.2, 0.25) is 0 Å². The minimum atomic E-state index is 0.210. The van der Waals surface area contributed by atoms with E-state index < -0.39 is 0 Å². The second-order valence-corrected chi connectivity index (χ2v) is 11.4. The Kier molecular flexibility index (Phi) is 8.93. The Morgan fingerprint density at radius 1 is 1.00 bits per heavy atom. The Morgan fingerprint density at radius 2 is 1.72 bits per heavy atom. The lowest BCUT2D eigenvalue weighted by atomic mass is 9.84. The van der Waals surface area contributed by atoms with E-state index in [-0.39, 0.29) is 11.8 Å². The summed E-state index contributed by atoms with van der Waals surface area (Å²) in [6.07, 6.45) is 9.04. The van der Waals surface area contributed by atoms with Gasteiger partial charge in [-0.25, -0.2) is 0 Å². The quantitative estimate of drug-likeness (QED) is 0.317. The Hall–Kier alpha value is -2.55. The van der Waals surface area contributed by atoms with Gasteiger partial charge >= 0.3 is 0 Å². The van der Waals surface area contributed by atoms with Crippen LogP contribution in [0.25, 0.3) is 5.70 Å². The first-order valence-corrected chi connectivity index (χ1v) is 14.3. The van der Waals surface area contributed by atoms with Gasteiger partial charge in [-0.05, 0) is 67.9 Å². The molecule has 1 saturated heterocycles. The number of carbonyl (C=O) groups excluding carboxylic acids is 1. The molecule has 194 valence electrons. The number of fused-ring (bicyclic) bond motifs is 1. The molecule has 2 aromatic carbocycles. The predicted molar refractivity (Wildman–Crippen MR) is 155 cm³/mol. The van der Waals surface area contributed by atoms with Gasteiger partial charge in [-0.15, -0.1) is 0 Å². The van der Waals surface area contributed by atoms with E-state index in [1.165, 1.54) is 59.5 Å². The molecule has 0 aliphatic carbocycles. The molecule has 0 saturated carbocycles. The summed E-state index contributed by atoms with van der Waals surface area (Å²) in [4.78, 5) is 18.0. The SMILES string of the molecule is CCC(C)CCCCC(C)C(=O)C1CCN(c2cccc(C3=C(C)Cc4ccccc4N3C)c2)CC1. The van der Waals surface area contributed by atoms with Crippen LogP contribution in [0.15, 0.2) is 54.1 Å². The molecule has 2 unspecified atom stereocenters. The molecule has 0 amide bonds. The van der Waals surface area contributed by atoms with Gasteiger partial charge in [0, 0.05) is 54.6 Å². The van der Waals surface area contributed by atoms with Crippen molar-refractivity contribution in [2.45, 2.75) is 79.1 Å². The van der Waals surface area contributed by atoms with E-state index >= 15 is 0 Å². The molecule has 3 nitrogen and oxygen atoms in total. The monoisotopic (exact) mass is 486 g/mol. The largest absolute Gasteiger partial charge is 0.371 e.